The SMILES string of the molecule is O=c1/c(=C\c2ccc(Cl)cc2)sc2n1CN(c1ccc(F)cc1)CN=2. The minimum Gasteiger partial charge on any atom is -0.334 e. The summed E-state index contributed by atoms with van der Waals surface area (Å²) in [5.41, 5.74) is 1.67. The second-order valence-corrected chi connectivity index (χ2v) is 7.08. The average molecular weight is 374 g/mol. The van der Waals surface area contributed by atoms with Crippen molar-refractivity contribution in [2.24, 2.45) is 4.99 Å². The van der Waals surface area contributed by atoms with E-state index in [0.29, 0.717) is 27.7 Å². The molecule has 7 heteroatoms. The molecule has 2 heterocycles. The van der Waals surface area contributed by atoms with Gasteiger partial charge >= 0.3 is 0 Å². The topological polar surface area (TPSA) is 37.6 Å². The van der Waals surface area contributed by atoms with Gasteiger partial charge in [0.25, 0.3) is 5.56 Å². The van der Waals surface area contributed by atoms with Crippen molar-refractivity contribution in [1.29, 1.82) is 0 Å². The van der Waals surface area contributed by atoms with Gasteiger partial charge in [-0.15, -0.1) is 0 Å². The third-order valence-electron chi connectivity index (χ3n) is 3.94. The van der Waals surface area contributed by atoms with E-state index in [-0.39, 0.29) is 11.4 Å². The third kappa shape index (κ3) is 3.23. The first kappa shape index (κ1) is 16.1. The number of anilines is 1. The minimum absolute atomic E-state index is 0.0782. The smallest absolute Gasteiger partial charge is 0.271 e. The summed E-state index contributed by atoms with van der Waals surface area (Å²) in [5.74, 6) is -0.286. The normalized spacial score (nSPS) is 14.3. The Kier molecular flexibility index (Phi) is 4.15. The highest BCUT2D eigenvalue weighted by molar-refractivity contribution is 7.07. The Hall–Kier alpha value is -2.44. The summed E-state index contributed by atoms with van der Waals surface area (Å²) in [7, 11) is 0. The van der Waals surface area contributed by atoms with Crippen LogP contribution in [-0.4, -0.2) is 11.2 Å². The van der Waals surface area contributed by atoms with Crippen LogP contribution in [0.4, 0.5) is 10.1 Å². The fourth-order valence-electron chi connectivity index (χ4n) is 2.64. The Morgan fingerprint density at radius 3 is 2.56 bits per heavy atom. The van der Waals surface area contributed by atoms with Crippen molar-refractivity contribution >= 4 is 34.7 Å². The summed E-state index contributed by atoms with van der Waals surface area (Å²) in [6.45, 7) is 0.834. The van der Waals surface area contributed by atoms with E-state index in [2.05, 4.69) is 4.99 Å². The first-order valence-corrected chi connectivity index (χ1v) is 8.81. The van der Waals surface area contributed by atoms with Crippen molar-refractivity contribution in [3.05, 3.63) is 84.6 Å². The molecule has 126 valence electrons. The number of aromatic nitrogens is 1. The lowest BCUT2D eigenvalue weighted by Crippen LogP contribution is -2.42. The number of halogens is 2. The molecular weight excluding hydrogens is 361 g/mol. The zero-order valence-electron chi connectivity index (χ0n) is 13.0. The van der Waals surface area contributed by atoms with Crippen molar-refractivity contribution < 1.29 is 4.39 Å². The highest BCUT2D eigenvalue weighted by Gasteiger charge is 2.15. The number of thiazole rings is 1. The van der Waals surface area contributed by atoms with Crippen LogP contribution in [0.25, 0.3) is 6.08 Å². The molecule has 0 atom stereocenters. The van der Waals surface area contributed by atoms with Gasteiger partial charge in [-0.2, -0.15) is 0 Å². The van der Waals surface area contributed by atoms with E-state index in [0.717, 1.165) is 11.3 Å². The molecule has 4 rings (SSSR count). The van der Waals surface area contributed by atoms with Crippen LogP contribution in [-0.2, 0) is 6.67 Å². The van der Waals surface area contributed by atoms with E-state index in [4.69, 9.17) is 11.6 Å². The van der Waals surface area contributed by atoms with E-state index in [9.17, 15) is 9.18 Å². The molecule has 25 heavy (non-hydrogen) atoms. The molecule has 0 bridgehead atoms. The van der Waals surface area contributed by atoms with Gasteiger partial charge < -0.3 is 4.90 Å². The Morgan fingerprint density at radius 2 is 1.84 bits per heavy atom. The Morgan fingerprint density at radius 1 is 1.12 bits per heavy atom. The molecule has 0 radical (unpaired) electrons. The van der Waals surface area contributed by atoms with Crippen LogP contribution in [0.15, 0.2) is 58.3 Å². The monoisotopic (exact) mass is 373 g/mol. The van der Waals surface area contributed by atoms with Crippen LogP contribution in [0.2, 0.25) is 5.02 Å². The summed E-state index contributed by atoms with van der Waals surface area (Å²) in [4.78, 5) is 19.8. The number of hydrogen-bond acceptors (Lipinski definition) is 4. The third-order valence-corrected chi connectivity index (χ3v) is 5.23. The van der Waals surface area contributed by atoms with Gasteiger partial charge in [0.05, 0.1) is 4.53 Å². The van der Waals surface area contributed by atoms with Gasteiger partial charge in [-0.05, 0) is 48.0 Å². The predicted octanol–water partition coefficient (Wildman–Crippen LogP) is 2.59. The highest BCUT2D eigenvalue weighted by atomic mass is 35.5. The first-order chi connectivity index (χ1) is 12.1. The lowest BCUT2D eigenvalue weighted by atomic mass is 10.2. The van der Waals surface area contributed by atoms with E-state index in [1.165, 1.54) is 23.5 Å². The summed E-state index contributed by atoms with van der Waals surface area (Å²) in [6.07, 6.45) is 1.84. The number of fused-ring (bicyclic) bond motifs is 1. The molecule has 0 amide bonds. The molecule has 0 aliphatic carbocycles. The number of nitrogens with zero attached hydrogens (tertiary/aromatic N) is 3. The van der Waals surface area contributed by atoms with Gasteiger partial charge in [0, 0.05) is 10.7 Å². The van der Waals surface area contributed by atoms with Crippen LogP contribution < -0.4 is 19.8 Å². The standard InChI is InChI=1S/C18H13ClFN3OS/c19-13-3-1-12(2-4-13)9-16-17(24)23-11-22(10-21-18(23)25-16)15-7-5-14(20)6-8-15/h1-9H,10-11H2/b16-9+. The summed E-state index contributed by atoms with van der Waals surface area (Å²) >= 11 is 7.26. The molecule has 1 aliphatic rings. The maximum absolute atomic E-state index is 13.1. The van der Waals surface area contributed by atoms with Gasteiger partial charge in [-0.1, -0.05) is 35.1 Å². The summed E-state index contributed by atoms with van der Waals surface area (Å²) < 4.78 is 15.3. The fourth-order valence-corrected chi connectivity index (χ4v) is 3.73. The average Bonchev–Trinajstić information content (AvgIpc) is 2.93. The molecule has 0 unspecified atom stereocenters. The molecule has 0 saturated carbocycles. The van der Waals surface area contributed by atoms with Crippen molar-refractivity contribution in [3.8, 4) is 0 Å². The molecule has 1 aromatic heterocycles. The summed E-state index contributed by atoms with van der Waals surface area (Å²) in [6, 6.07) is 13.5. The van der Waals surface area contributed by atoms with Gasteiger partial charge in [0.2, 0.25) is 0 Å². The molecule has 2 aromatic carbocycles. The molecule has 0 fully saturated rings. The molecular formula is C18H13ClFN3OS. The zero-order chi connectivity index (χ0) is 17.4. The Labute approximate surface area is 151 Å². The van der Waals surface area contributed by atoms with Crippen LogP contribution in [0, 0.1) is 5.82 Å². The van der Waals surface area contributed by atoms with Crippen molar-refractivity contribution in [1.82, 2.24) is 4.57 Å². The molecule has 1 aliphatic heterocycles. The second kappa shape index (κ2) is 6.46. The largest absolute Gasteiger partial charge is 0.334 e. The maximum atomic E-state index is 13.1. The minimum atomic E-state index is -0.286. The lowest BCUT2D eigenvalue weighted by molar-refractivity contribution is 0.568. The molecule has 0 saturated heterocycles. The molecule has 0 N–H and O–H groups in total. The predicted molar refractivity (Wildman–Crippen MR) is 98.1 cm³/mol. The first-order valence-electron chi connectivity index (χ1n) is 7.62. The van der Waals surface area contributed by atoms with Crippen LogP contribution >= 0.6 is 22.9 Å². The van der Waals surface area contributed by atoms with E-state index in [1.54, 1.807) is 28.8 Å². The second-order valence-electron chi connectivity index (χ2n) is 5.64. The van der Waals surface area contributed by atoms with E-state index < -0.39 is 0 Å². The number of hydrogen-bond donors (Lipinski definition) is 0. The van der Waals surface area contributed by atoms with Crippen molar-refractivity contribution in [2.75, 3.05) is 11.6 Å². The number of benzene rings is 2. The van der Waals surface area contributed by atoms with Gasteiger partial charge in [-0.3, -0.25) is 9.36 Å². The lowest BCUT2D eigenvalue weighted by Gasteiger charge is -2.25. The van der Waals surface area contributed by atoms with E-state index in [1.807, 2.05) is 23.1 Å². The Bertz CT molecular complexity index is 1090. The quantitative estimate of drug-likeness (QED) is 0.692. The van der Waals surface area contributed by atoms with Gasteiger partial charge in [0.15, 0.2) is 4.80 Å². The van der Waals surface area contributed by atoms with Crippen LogP contribution in [0.5, 0.6) is 0 Å². The maximum Gasteiger partial charge on any atom is 0.271 e. The molecule has 0 spiro atoms. The van der Waals surface area contributed by atoms with Crippen LogP contribution in [0.3, 0.4) is 0 Å². The van der Waals surface area contributed by atoms with Crippen molar-refractivity contribution in [3.63, 3.8) is 0 Å². The van der Waals surface area contributed by atoms with Crippen molar-refractivity contribution in [2.45, 2.75) is 6.67 Å². The van der Waals surface area contributed by atoms with Crippen LogP contribution in [0.1, 0.15) is 5.56 Å². The van der Waals surface area contributed by atoms with Gasteiger partial charge in [-0.25, -0.2) is 9.38 Å². The highest BCUT2D eigenvalue weighted by Crippen LogP contribution is 2.16. The zero-order valence-corrected chi connectivity index (χ0v) is 14.6. The van der Waals surface area contributed by atoms with E-state index >= 15 is 0 Å². The van der Waals surface area contributed by atoms with Gasteiger partial charge in [0.1, 0.15) is 19.2 Å². The molecule has 4 nitrogen and oxygen atoms in total. The fraction of sp³-hybridized carbons (Fsp3) is 0.111. The summed E-state index contributed by atoms with van der Waals surface area (Å²) in [5, 5.41) is 0.657. The molecule has 3 aromatic rings. The number of rotatable bonds is 2. The Balaban J connectivity index is 1.70.